The Balaban J connectivity index is 2.06. The summed E-state index contributed by atoms with van der Waals surface area (Å²) in [5, 5.41) is 8.03. The summed E-state index contributed by atoms with van der Waals surface area (Å²) in [4.78, 5) is 0. The van der Waals surface area contributed by atoms with Gasteiger partial charge in [0.2, 0.25) is 0 Å². The number of nitrogens with one attached hydrogen (secondary N) is 1. The second kappa shape index (κ2) is 7.60. The maximum absolute atomic E-state index is 4.81. The highest BCUT2D eigenvalue weighted by atomic mass is 15.3. The van der Waals surface area contributed by atoms with Gasteiger partial charge in [-0.25, -0.2) is 0 Å². The Morgan fingerprint density at radius 1 is 0.741 bits per heavy atom. The van der Waals surface area contributed by atoms with Crippen LogP contribution in [0.3, 0.4) is 0 Å². The summed E-state index contributed by atoms with van der Waals surface area (Å²) < 4.78 is 2.10. The first-order valence-corrected chi connectivity index (χ1v) is 9.21. The smallest absolute Gasteiger partial charge is 0.138 e. The summed E-state index contributed by atoms with van der Waals surface area (Å²) in [6, 6.07) is 31.8. The van der Waals surface area contributed by atoms with Crippen molar-refractivity contribution in [2.24, 2.45) is 0 Å². The van der Waals surface area contributed by atoms with E-state index in [9.17, 15) is 0 Å². The van der Waals surface area contributed by atoms with E-state index in [0.717, 1.165) is 12.1 Å². The Morgan fingerprint density at radius 2 is 1.19 bits per heavy atom. The summed E-state index contributed by atoms with van der Waals surface area (Å²) in [7, 11) is 1.95. The van der Waals surface area contributed by atoms with Crippen LogP contribution in [0.15, 0.2) is 103 Å². The van der Waals surface area contributed by atoms with Crippen molar-refractivity contribution in [2.45, 2.75) is 12.1 Å². The average molecular weight is 353 g/mol. The maximum atomic E-state index is 4.81. The topological polar surface area (TPSA) is 29.9 Å². The first-order valence-electron chi connectivity index (χ1n) is 9.21. The van der Waals surface area contributed by atoms with Crippen molar-refractivity contribution in [2.75, 3.05) is 7.05 Å². The van der Waals surface area contributed by atoms with Crippen molar-refractivity contribution in [3.63, 3.8) is 0 Å². The lowest BCUT2D eigenvalue weighted by molar-refractivity contribution is 0.459. The molecule has 0 aliphatic carbocycles. The molecule has 4 rings (SSSR count). The van der Waals surface area contributed by atoms with Crippen LogP contribution in [0.1, 0.15) is 22.3 Å². The van der Waals surface area contributed by atoms with E-state index in [1.54, 1.807) is 0 Å². The number of aromatic nitrogens is 2. The SMILES string of the molecule is CNCc1cnn(C(c2ccccc2)(c2ccccc2)c2ccccc2)c1. The summed E-state index contributed by atoms with van der Waals surface area (Å²) in [6.07, 6.45) is 4.09. The van der Waals surface area contributed by atoms with Crippen LogP contribution < -0.4 is 5.32 Å². The predicted octanol–water partition coefficient (Wildman–Crippen LogP) is 4.44. The van der Waals surface area contributed by atoms with Gasteiger partial charge in [0, 0.05) is 18.3 Å². The predicted molar refractivity (Wildman–Crippen MR) is 110 cm³/mol. The van der Waals surface area contributed by atoms with Crippen LogP contribution in [0.25, 0.3) is 0 Å². The fraction of sp³-hybridized carbons (Fsp3) is 0.125. The largest absolute Gasteiger partial charge is 0.316 e. The Morgan fingerprint density at radius 3 is 1.59 bits per heavy atom. The van der Waals surface area contributed by atoms with E-state index in [0.29, 0.717) is 0 Å². The van der Waals surface area contributed by atoms with Gasteiger partial charge in [-0.2, -0.15) is 5.10 Å². The normalized spacial score (nSPS) is 11.4. The quantitative estimate of drug-likeness (QED) is 0.519. The molecule has 0 aliphatic heterocycles. The van der Waals surface area contributed by atoms with Crippen LogP contribution in [0.2, 0.25) is 0 Å². The molecule has 3 nitrogen and oxygen atoms in total. The first kappa shape index (κ1) is 17.3. The Labute approximate surface area is 160 Å². The molecule has 0 bridgehead atoms. The summed E-state index contributed by atoms with van der Waals surface area (Å²) in [5.74, 6) is 0. The lowest BCUT2D eigenvalue weighted by Crippen LogP contribution is -2.38. The third kappa shape index (κ3) is 3.07. The van der Waals surface area contributed by atoms with Crippen LogP contribution in [0.5, 0.6) is 0 Å². The molecule has 0 fully saturated rings. The van der Waals surface area contributed by atoms with Gasteiger partial charge in [0.05, 0.1) is 6.20 Å². The van der Waals surface area contributed by atoms with Crippen molar-refractivity contribution in [3.8, 4) is 0 Å². The highest BCUT2D eigenvalue weighted by Gasteiger charge is 2.39. The highest BCUT2D eigenvalue weighted by Crippen LogP contribution is 2.40. The van der Waals surface area contributed by atoms with Crippen LogP contribution in [-0.2, 0) is 12.1 Å². The molecule has 1 N–H and O–H groups in total. The van der Waals surface area contributed by atoms with Crippen LogP contribution in [-0.4, -0.2) is 16.8 Å². The van der Waals surface area contributed by atoms with Gasteiger partial charge >= 0.3 is 0 Å². The van der Waals surface area contributed by atoms with E-state index in [1.807, 2.05) is 13.2 Å². The molecular weight excluding hydrogens is 330 g/mol. The fourth-order valence-electron chi connectivity index (χ4n) is 3.77. The third-order valence-corrected chi connectivity index (χ3v) is 4.94. The highest BCUT2D eigenvalue weighted by molar-refractivity contribution is 5.50. The van der Waals surface area contributed by atoms with Gasteiger partial charge in [-0.15, -0.1) is 0 Å². The molecule has 0 spiro atoms. The van der Waals surface area contributed by atoms with Crippen LogP contribution in [0.4, 0.5) is 0 Å². The molecular formula is C24H23N3. The van der Waals surface area contributed by atoms with Crippen molar-refractivity contribution in [1.82, 2.24) is 15.1 Å². The minimum Gasteiger partial charge on any atom is -0.316 e. The van der Waals surface area contributed by atoms with E-state index >= 15 is 0 Å². The van der Waals surface area contributed by atoms with E-state index in [4.69, 9.17) is 5.10 Å². The minimum absolute atomic E-state index is 0.532. The zero-order valence-electron chi connectivity index (χ0n) is 15.4. The fourth-order valence-corrected chi connectivity index (χ4v) is 3.77. The minimum atomic E-state index is -0.532. The van der Waals surface area contributed by atoms with Gasteiger partial charge in [-0.1, -0.05) is 91.0 Å². The number of hydrogen-bond acceptors (Lipinski definition) is 2. The summed E-state index contributed by atoms with van der Waals surface area (Å²) in [5.41, 5.74) is 4.17. The van der Waals surface area contributed by atoms with Gasteiger partial charge < -0.3 is 5.32 Å². The summed E-state index contributed by atoms with van der Waals surface area (Å²) in [6.45, 7) is 0.786. The van der Waals surface area contributed by atoms with Gasteiger partial charge in [0.25, 0.3) is 0 Å². The van der Waals surface area contributed by atoms with Crippen molar-refractivity contribution in [3.05, 3.63) is 126 Å². The van der Waals surface area contributed by atoms with Gasteiger partial charge in [0.15, 0.2) is 0 Å². The molecule has 0 radical (unpaired) electrons. The van der Waals surface area contributed by atoms with E-state index in [-0.39, 0.29) is 0 Å². The Hall–Kier alpha value is -3.17. The summed E-state index contributed by atoms with van der Waals surface area (Å²) >= 11 is 0. The van der Waals surface area contributed by atoms with Gasteiger partial charge in [-0.3, -0.25) is 4.68 Å². The molecule has 0 atom stereocenters. The molecule has 3 aromatic carbocycles. The molecule has 3 heteroatoms. The van der Waals surface area contributed by atoms with Crippen molar-refractivity contribution in [1.29, 1.82) is 0 Å². The molecule has 4 aromatic rings. The zero-order valence-corrected chi connectivity index (χ0v) is 15.4. The molecule has 1 aromatic heterocycles. The molecule has 0 aliphatic rings. The molecule has 0 saturated carbocycles. The lowest BCUT2D eigenvalue weighted by atomic mass is 9.77. The average Bonchev–Trinajstić information content (AvgIpc) is 3.20. The Bertz CT molecular complexity index is 879. The number of benzene rings is 3. The molecule has 1 heterocycles. The van der Waals surface area contributed by atoms with Gasteiger partial charge in [0.1, 0.15) is 5.54 Å². The van der Waals surface area contributed by atoms with Crippen LogP contribution in [0, 0.1) is 0 Å². The second-order valence-electron chi connectivity index (χ2n) is 6.63. The van der Waals surface area contributed by atoms with Crippen molar-refractivity contribution < 1.29 is 0 Å². The van der Waals surface area contributed by atoms with Crippen molar-refractivity contribution >= 4 is 0 Å². The van der Waals surface area contributed by atoms with E-state index in [1.165, 1.54) is 16.7 Å². The number of nitrogens with zero attached hydrogens (tertiary/aromatic N) is 2. The Kier molecular flexibility index (Phi) is 4.86. The monoisotopic (exact) mass is 353 g/mol. The third-order valence-electron chi connectivity index (χ3n) is 4.94. The molecule has 134 valence electrons. The first-order chi connectivity index (χ1) is 13.4. The van der Waals surface area contributed by atoms with E-state index < -0.39 is 5.54 Å². The van der Waals surface area contributed by atoms with E-state index in [2.05, 4.69) is 107 Å². The van der Waals surface area contributed by atoms with Gasteiger partial charge in [-0.05, 0) is 23.7 Å². The maximum Gasteiger partial charge on any atom is 0.138 e. The standard InChI is InChI=1S/C24H23N3/c1-25-17-20-18-26-27(19-20)24(21-11-5-2-6-12-21,22-13-7-3-8-14-22)23-15-9-4-10-16-23/h2-16,18-19,25H,17H2,1H3. The molecule has 27 heavy (non-hydrogen) atoms. The lowest BCUT2D eigenvalue weighted by Gasteiger charge is -2.36. The number of rotatable bonds is 6. The zero-order chi connectivity index (χ0) is 18.5. The molecule has 0 amide bonds. The van der Waals surface area contributed by atoms with Crippen LogP contribution >= 0.6 is 0 Å². The second-order valence-corrected chi connectivity index (χ2v) is 6.63. The number of hydrogen-bond donors (Lipinski definition) is 1. The molecule has 0 saturated heterocycles. The molecule has 0 unspecified atom stereocenters.